The second-order valence-electron chi connectivity index (χ2n) is 5.74. The zero-order valence-electron chi connectivity index (χ0n) is 12.8. The van der Waals surface area contributed by atoms with Crippen molar-refractivity contribution in [1.82, 2.24) is 20.1 Å². The van der Waals surface area contributed by atoms with E-state index in [0.29, 0.717) is 17.7 Å². The summed E-state index contributed by atoms with van der Waals surface area (Å²) in [5, 5.41) is 10.1. The molecule has 5 nitrogen and oxygen atoms in total. The molecule has 0 atom stereocenters. The van der Waals surface area contributed by atoms with Crippen molar-refractivity contribution in [2.75, 3.05) is 6.54 Å². The summed E-state index contributed by atoms with van der Waals surface area (Å²) in [6, 6.07) is 0.270. The van der Waals surface area contributed by atoms with Crippen LogP contribution in [0.2, 0.25) is 0 Å². The first kappa shape index (κ1) is 15.9. The van der Waals surface area contributed by atoms with Crippen molar-refractivity contribution in [1.29, 1.82) is 0 Å². The van der Waals surface area contributed by atoms with E-state index in [1.54, 1.807) is 0 Å². The number of aromatic nitrogens is 3. The molecule has 2 rings (SSSR count). The fraction of sp³-hybridized carbons (Fsp3) is 0.667. The molecular weight excluding hydrogens is 284 g/mol. The molecule has 0 spiro atoms. The Morgan fingerprint density at radius 3 is 3.05 bits per heavy atom. The third-order valence-corrected chi connectivity index (χ3v) is 4.05. The zero-order valence-corrected chi connectivity index (χ0v) is 13.6. The maximum absolute atomic E-state index is 12.1. The van der Waals surface area contributed by atoms with Crippen LogP contribution in [0.25, 0.3) is 0 Å². The SMILES string of the molecule is CC(C)n1c(CCNC(=O)C2=CCCCCC2)n[nH]c1=S. The van der Waals surface area contributed by atoms with Crippen LogP contribution in [0.4, 0.5) is 0 Å². The van der Waals surface area contributed by atoms with E-state index in [-0.39, 0.29) is 11.9 Å². The van der Waals surface area contributed by atoms with Crippen LogP contribution in [0.5, 0.6) is 0 Å². The Hall–Kier alpha value is -1.43. The van der Waals surface area contributed by atoms with Crippen molar-refractivity contribution >= 4 is 18.1 Å². The van der Waals surface area contributed by atoms with Crippen molar-refractivity contribution in [3.05, 3.63) is 22.2 Å². The highest BCUT2D eigenvalue weighted by molar-refractivity contribution is 7.71. The van der Waals surface area contributed by atoms with E-state index in [2.05, 4.69) is 35.4 Å². The van der Waals surface area contributed by atoms with Crippen LogP contribution in [-0.4, -0.2) is 27.2 Å². The first-order valence-electron chi connectivity index (χ1n) is 7.72. The van der Waals surface area contributed by atoms with Crippen molar-refractivity contribution in [2.24, 2.45) is 0 Å². The van der Waals surface area contributed by atoms with E-state index in [0.717, 1.165) is 30.7 Å². The molecule has 0 aromatic carbocycles. The van der Waals surface area contributed by atoms with Crippen molar-refractivity contribution < 1.29 is 4.79 Å². The van der Waals surface area contributed by atoms with E-state index in [1.165, 1.54) is 12.8 Å². The lowest BCUT2D eigenvalue weighted by Gasteiger charge is -2.11. The number of amides is 1. The lowest BCUT2D eigenvalue weighted by Crippen LogP contribution is -2.28. The van der Waals surface area contributed by atoms with Gasteiger partial charge >= 0.3 is 0 Å². The number of allylic oxidation sites excluding steroid dienone is 1. The zero-order chi connectivity index (χ0) is 15.2. The largest absolute Gasteiger partial charge is 0.352 e. The van der Waals surface area contributed by atoms with E-state index in [4.69, 9.17) is 12.2 Å². The number of H-pyrrole nitrogens is 1. The van der Waals surface area contributed by atoms with Crippen LogP contribution < -0.4 is 5.32 Å². The van der Waals surface area contributed by atoms with Gasteiger partial charge in [0.15, 0.2) is 4.77 Å². The third kappa shape index (κ3) is 4.27. The van der Waals surface area contributed by atoms with E-state index in [9.17, 15) is 4.79 Å². The van der Waals surface area contributed by atoms with Crippen LogP contribution in [0.1, 0.15) is 57.8 Å². The van der Waals surface area contributed by atoms with E-state index >= 15 is 0 Å². The Bertz CT molecular complexity index is 570. The van der Waals surface area contributed by atoms with Crippen molar-refractivity contribution in [2.45, 2.75) is 58.4 Å². The van der Waals surface area contributed by atoms with Crippen molar-refractivity contribution in [3.8, 4) is 0 Å². The molecule has 0 unspecified atom stereocenters. The highest BCUT2D eigenvalue weighted by atomic mass is 32.1. The Morgan fingerprint density at radius 2 is 2.29 bits per heavy atom. The fourth-order valence-corrected chi connectivity index (χ4v) is 3.03. The van der Waals surface area contributed by atoms with Gasteiger partial charge in [-0.25, -0.2) is 0 Å². The molecule has 0 radical (unpaired) electrons. The Labute approximate surface area is 130 Å². The summed E-state index contributed by atoms with van der Waals surface area (Å²) in [6.45, 7) is 4.73. The topological polar surface area (TPSA) is 62.7 Å². The van der Waals surface area contributed by atoms with Gasteiger partial charge in [-0.15, -0.1) is 0 Å². The molecule has 1 amide bonds. The summed E-state index contributed by atoms with van der Waals surface area (Å²) in [4.78, 5) is 12.1. The van der Waals surface area contributed by atoms with Gasteiger partial charge < -0.3 is 9.88 Å². The van der Waals surface area contributed by atoms with Crippen LogP contribution >= 0.6 is 12.2 Å². The van der Waals surface area contributed by atoms with Gasteiger partial charge in [-0.2, -0.15) is 5.10 Å². The highest BCUT2D eigenvalue weighted by Gasteiger charge is 2.12. The Morgan fingerprint density at radius 1 is 1.48 bits per heavy atom. The van der Waals surface area contributed by atoms with Crippen LogP contribution in [0.15, 0.2) is 11.6 Å². The van der Waals surface area contributed by atoms with Gasteiger partial charge in [-0.1, -0.05) is 12.5 Å². The maximum atomic E-state index is 12.1. The number of nitrogens with zero attached hydrogens (tertiary/aromatic N) is 2. The minimum Gasteiger partial charge on any atom is -0.352 e. The number of hydrogen-bond acceptors (Lipinski definition) is 3. The molecule has 1 aromatic rings. The summed E-state index contributed by atoms with van der Waals surface area (Å²) < 4.78 is 2.63. The molecule has 1 aromatic heterocycles. The molecule has 1 heterocycles. The molecule has 21 heavy (non-hydrogen) atoms. The standard InChI is InChI=1S/C15H24N4OS/c1-11(2)19-13(17-18-15(19)21)9-10-16-14(20)12-7-5-3-4-6-8-12/h7,11H,3-6,8-10H2,1-2H3,(H,16,20)(H,18,21). The minimum absolute atomic E-state index is 0.0714. The molecule has 0 fully saturated rings. The molecule has 0 saturated carbocycles. The maximum Gasteiger partial charge on any atom is 0.246 e. The normalized spacial score (nSPS) is 15.7. The van der Waals surface area contributed by atoms with Gasteiger partial charge in [0.1, 0.15) is 5.82 Å². The molecule has 6 heteroatoms. The Balaban J connectivity index is 1.88. The predicted molar refractivity (Wildman–Crippen MR) is 85.7 cm³/mol. The molecule has 116 valence electrons. The van der Waals surface area contributed by atoms with Crippen LogP contribution in [0.3, 0.4) is 0 Å². The quantitative estimate of drug-likeness (QED) is 0.822. The highest BCUT2D eigenvalue weighted by Crippen LogP contribution is 2.17. The lowest BCUT2D eigenvalue weighted by atomic mass is 10.1. The second-order valence-corrected chi connectivity index (χ2v) is 6.13. The molecule has 1 aliphatic carbocycles. The van der Waals surface area contributed by atoms with E-state index < -0.39 is 0 Å². The number of nitrogens with one attached hydrogen (secondary N) is 2. The predicted octanol–water partition coefficient (Wildman–Crippen LogP) is 3.07. The number of carbonyl (C=O) groups is 1. The monoisotopic (exact) mass is 308 g/mol. The third-order valence-electron chi connectivity index (χ3n) is 3.76. The average Bonchev–Trinajstić information content (AvgIpc) is 2.66. The Kier molecular flexibility index (Phi) is 5.73. The van der Waals surface area contributed by atoms with Gasteiger partial charge in [0.25, 0.3) is 0 Å². The molecule has 1 aliphatic rings. The molecular formula is C15H24N4OS. The van der Waals surface area contributed by atoms with Crippen LogP contribution in [-0.2, 0) is 11.2 Å². The summed E-state index contributed by atoms with van der Waals surface area (Å²) in [5.74, 6) is 0.965. The van der Waals surface area contributed by atoms with Crippen LogP contribution in [0, 0.1) is 4.77 Å². The van der Waals surface area contributed by atoms with Gasteiger partial charge in [0.05, 0.1) is 0 Å². The molecule has 0 aliphatic heterocycles. The average molecular weight is 308 g/mol. The smallest absolute Gasteiger partial charge is 0.246 e. The van der Waals surface area contributed by atoms with Crippen molar-refractivity contribution in [3.63, 3.8) is 0 Å². The fourth-order valence-electron chi connectivity index (χ4n) is 2.67. The molecule has 0 saturated heterocycles. The summed E-state index contributed by atoms with van der Waals surface area (Å²) in [5.41, 5.74) is 0.940. The summed E-state index contributed by atoms with van der Waals surface area (Å²) >= 11 is 5.22. The summed E-state index contributed by atoms with van der Waals surface area (Å²) in [7, 11) is 0. The summed E-state index contributed by atoms with van der Waals surface area (Å²) in [6.07, 6.45) is 8.23. The second kappa shape index (κ2) is 7.54. The first-order valence-corrected chi connectivity index (χ1v) is 8.13. The molecule has 0 bridgehead atoms. The van der Waals surface area contributed by atoms with Gasteiger partial charge in [-0.3, -0.25) is 9.89 Å². The van der Waals surface area contributed by atoms with Gasteiger partial charge in [0.2, 0.25) is 5.91 Å². The minimum atomic E-state index is 0.0714. The lowest BCUT2D eigenvalue weighted by molar-refractivity contribution is -0.117. The van der Waals surface area contributed by atoms with Gasteiger partial charge in [0, 0.05) is 24.6 Å². The number of hydrogen-bond donors (Lipinski definition) is 2. The number of aromatic amines is 1. The molecule has 2 N–H and O–H groups in total. The number of rotatable bonds is 5. The number of carbonyl (C=O) groups excluding carboxylic acids is 1. The first-order chi connectivity index (χ1) is 10.1. The van der Waals surface area contributed by atoms with E-state index in [1.807, 2.05) is 4.57 Å². The van der Waals surface area contributed by atoms with Gasteiger partial charge in [-0.05, 0) is 51.7 Å².